The number of methoxy groups -OCH3 is 2. The van der Waals surface area contributed by atoms with E-state index in [1.54, 1.807) is 14.2 Å². The average molecular weight is 470 g/mol. The Morgan fingerprint density at radius 2 is 1.94 bits per heavy atom. The van der Waals surface area contributed by atoms with E-state index in [4.69, 9.17) is 18.6 Å². The van der Waals surface area contributed by atoms with Crippen LogP contribution in [0.1, 0.15) is 18.4 Å². The smallest absolute Gasteiger partial charge is 0.277 e. The van der Waals surface area contributed by atoms with Crippen LogP contribution in [0.3, 0.4) is 0 Å². The first-order valence-corrected chi connectivity index (χ1v) is 11.8. The number of rotatable bonds is 10. The summed E-state index contributed by atoms with van der Waals surface area (Å²) < 4.78 is 22.0. The van der Waals surface area contributed by atoms with Gasteiger partial charge in [-0.2, -0.15) is 0 Å². The minimum atomic E-state index is -0.0116. The van der Waals surface area contributed by atoms with E-state index in [0.29, 0.717) is 24.2 Å². The molecule has 8 nitrogen and oxygen atoms in total. The highest BCUT2D eigenvalue weighted by atomic mass is 32.2. The lowest BCUT2D eigenvalue weighted by molar-refractivity contribution is -0.130. The lowest BCUT2D eigenvalue weighted by Gasteiger charge is -2.25. The summed E-state index contributed by atoms with van der Waals surface area (Å²) in [5.41, 5.74) is 1.80. The molecule has 1 aliphatic rings. The third kappa shape index (κ3) is 6.27. The number of aromatic nitrogens is 2. The number of nitrogens with zero attached hydrogens (tertiary/aromatic N) is 3. The van der Waals surface area contributed by atoms with Crippen molar-refractivity contribution < 1.29 is 23.4 Å². The number of amides is 1. The van der Waals surface area contributed by atoms with E-state index in [-0.39, 0.29) is 17.8 Å². The van der Waals surface area contributed by atoms with Crippen LogP contribution in [0.25, 0.3) is 11.5 Å². The number of benzene rings is 2. The van der Waals surface area contributed by atoms with Gasteiger partial charge in [0.15, 0.2) is 0 Å². The van der Waals surface area contributed by atoms with Gasteiger partial charge < -0.3 is 23.5 Å². The molecular formula is C24H27N3O5S. The summed E-state index contributed by atoms with van der Waals surface area (Å²) in [5.74, 6) is 2.10. The zero-order chi connectivity index (χ0) is 23.0. The van der Waals surface area contributed by atoms with Crippen molar-refractivity contribution in [1.82, 2.24) is 15.1 Å². The van der Waals surface area contributed by atoms with E-state index in [1.165, 1.54) is 11.8 Å². The van der Waals surface area contributed by atoms with Crippen LogP contribution < -0.4 is 9.47 Å². The normalized spacial score (nSPS) is 15.4. The number of hydrogen-bond donors (Lipinski definition) is 0. The second-order valence-electron chi connectivity index (χ2n) is 7.65. The molecule has 4 rings (SSSR count). The first-order valence-electron chi connectivity index (χ1n) is 10.8. The molecule has 9 heteroatoms. The second kappa shape index (κ2) is 11.2. The summed E-state index contributed by atoms with van der Waals surface area (Å²) in [6.07, 6.45) is 2.05. The van der Waals surface area contributed by atoms with Gasteiger partial charge >= 0.3 is 0 Å². The molecule has 0 spiro atoms. The topological polar surface area (TPSA) is 86.9 Å². The Kier molecular flexibility index (Phi) is 7.85. The average Bonchev–Trinajstić information content (AvgIpc) is 3.55. The molecule has 0 bridgehead atoms. The SMILES string of the molecule is COc1ccc(-c2nnc(SCC(=O)N(Cc3cccc(OC)c3)CC3CCCO3)o2)cc1. The molecule has 174 valence electrons. The Balaban J connectivity index is 1.40. The Morgan fingerprint density at radius 3 is 2.67 bits per heavy atom. The maximum Gasteiger partial charge on any atom is 0.277 e. The maximum absolute atomic E-state index is 13.1. The third-order valence-corrected chi connectivity index (χ3v) is 6.17. The van der Waals surface area contributed by atoms with Crippen molar-refractivity contribution in [2.24, 2.45) is 0 Å². The highest BCUT2D eigenvalue weighted by Crippen LogP contribution is 2.26. The molecule has 0 aliphatic carbocycles. The monoisotopic (exact) mass is 469 g/mol. The predicted octanol–water partition coefficient (Wildman–Crippen LogP) is 4.05. The van der Waals surface area contributed by atoms with E-state index < -0.39 is 0 Å². The van der Waals surface area contributed by atoms with E-state index in [9.17, 15) is 4.79 Å². The Bertz CT molecular complexity index is 1050. The molecular weight excluding hydrogens is 442 g/mol. The van der Waals surface area contributed by atoms with Crippen molar-refractivity contribution in [2.45, 2.75) is 30.7 Å². The molecule has 1 atom stereocenters. The van der Waals surface area contributed by atoms with Gasteiger partial charge in [0.2, 0.25) is 11.8 Å². The molecule has 1 aliphatic heterocycles. The summed E-state index contributed by atoms with van der Waals surface area (Å²) in [6.45, 7) is 1.78. The van der Waals surface area contributed by atoms with Crippen LogP contribution in [0.2, 0.25) is 0 Å². The predicted molar refractivity (Wildman–Crippen MR) is 124 cm³/mol. The molecule has 0 N–H and O–H groups in total. The molecule has 0 radical (unpaired) electrons. The molecule has 33 heavy (non-hydrogen) atoms. The van der Waals surface area contributed by atoms with E-state index in [1.807, 2.05) is 53.4 Å². The first-order chi connectivity index (χ1) is 16.1. The first kappa shape index (κ1) is 23.1. The van der Waals surface area contributed by atoms with Crippen molar-refractivity contribution in [1.29, 1.82) is 0 Å². The van der Waals surface area contributed by atoms with Gasteiger partial charge in [-0.05, 0) is 54.8 Å². The number of hydrogen-bond acceptors (Lipinski definition) is 8. The van der Waals surface area contributed by atoms with Crippen molar-refractivity contribution in [3.8, 4) is 23.0 Å². The van der Waals surface area contributed by atoms with Crippen LogP contribution in [0.15, 0.2) is 58.2 Å². The van der Waals surface area contributed by atoms with Gasteiger partial charge in [-0.3, -0.25) is 4.79 Å². The van der Waals surface area contributed by atoms with Gasteiger partial charge in [-0.1, -0.05) is 23.9 Å². The van der Waals surface area contributed by atoms with Gasteiger partial charge in [0.25, 0.3) is 5.22 Å². The zero-order valence-corrected chi connectivity index (χ0v) is 19.5. The standard InChI is InChI=1S/C24H27N3O5S/c1-29-19-10-8-18(9-11-19)23-25-26-24(32-23)33-16-22(28)27(15-21-7-4-12-31-21)14-17-5-3-6-20(13-17)30-2/h3,5-6,8-11,13,21H,4,7,12,14-16H2,1-2H3. The lowest BCUT2D eigenvalue weighted by atomic mass is 10.1. The van der Waals surface area contributed by atoms with E-state index in [0.717, 1.165) is 42.1 Å². The summed E-state index contributed by atoms with van der Waals surface area (Å²) >= 11 is 1.23. The Labute approximate surface area is 197 Å². The zero-order valence-electron chi connectivity index (χ0n) is 18.7. The van der Waals surface area contributed by atoms with Crippen molar-refractivity contribution >= 4 is 17.7 Å². The molecule has 1 amide bonds. The fourth-order valence-corrected chi connectivity index (χ4v) is 4.28. The minimum Gasteiger partial charge on any atom is -0.497 e. The quantitative estimate of drug-likeness (QED) is 0.411. The van der Waals surface area contributed by atoms with Crippen LogP contribution in [0.5, 0.6) is 11.5 Å². The lowest BCUT2D eigenvalue weighted by Crippen LogP contribution is -2.38. The van der Waals surface area contributed by atoms with Crippen LogP contribution in [0, 0.1) is 0 Å². The van der Waals surface area contributed by atoms with E-state index in [2.05, 4.69) is 10.2 Å². The molecule has 2 aromatic carbocycles. The van der Waals surface area contributed by atoms with Crippen molar-refractivity contribution in [3.63, 3.8) is 0 Å². The fourth-order valence-electron chi connectivity index (χ4n) is 3.61. The molecule has 2 heterocycles. The Hall–Kier alpha value is -3.04. The summed E-state index contributed by atoms with van der Waals surface area (Å²) in [4.78, 5) is 15.0. The van der Waals surface area contributed by atoms with Crippen molar-refractivity contribution in [3.05, 3.63) is 54.1 Å². The number of carbonyl (C=O) groups excluding carboxylic acids is 1. The van der Waals surface area contributed by atoms with Crippen molar-refractivity contribution in [2.75, 3.05) is 33.1 Å². The van der Waals surface area contributed by atoms with Gasteiger partial charge in [0, 0.05) is 25.3 Å². The number of ether oxygens (including phenoxy) is 3. The number of thioether (sulfide) groups is 1. The van der Waals surface area contributed by atoms with Gasteiger partial charge in [-0.15, -0.1) is 10.2 Å². The van der Waals surface area contributed by atoms with Crippen LogP contribution >= 0.6 is 11.8 Å². The third-order valence-electron chi connectivity index (χ3n) is 5.37. The molecule has 1 fully saturated rings. The molecule has 1 saturated heterocycles. The Morgan fingerprint density at radius 1 is 1.12 bits per heavy atom. The highest BCUT2D eigenvalue weighted by Gasteiger charge is 2.23. The van der Waals surface area contributed by atoms with Gasteiger partial charge in [-0.25, -0.2) is 0 Å². The van der Waals surface area contributed by atoms with Crippen LogP contribution in [-0.2, 0) is 16.1 Å². The van der Waals surface area contributed by atoms with Crippen LogP contribution in [-0.4, -0.2) is 60.2 Å². The molecule has 3 aromatic rings. The highest BCUT2D eigenvalue weighted by molar-refractivity contribution is 7.99. The van der Waals surface area contributed by atoms with Crippen LogP contribution in [0.4, 0.5) is 0 Å². The van der Waals surface area contributed by atoms with E-state index >= 15 is 0 Å². The van der Waals surface area contributed by atoms with Gasteiger partial charge in [0.1, 0.15) is 11.5 Å². The summed E-state index contributed by atoms with van der Waals surface area (Å²) in [6, 6.07) is 15.1. The molecule has 0 saturated carbocycles. The summed E-state index contributed by atoms with van der Waals surface area (Å²) in [5, 5.41) is 8.53. The van der Waals surface area contributed by atoms with Gasteiger partial charge in [0.05, 0.1) is 26.1 Å². The number of carbonyl (C=O) groups is 1. The molecule has 1 unspecified atom stereocenters. The fraction of sp³-hybridized carbons (Fsp3) is 0.375. The maximum atomic E-state index is 13.1. The molecule has 1 aromatic heterocycles. The largest absolute Gasteiger partial charge is 0.497 e. The second-order valence-corrected chi connectivity index (χ2v) is 8.58. The summed E-state index contributed by atoms with van der Waals surface area (Å²) in [7, 11) is 3.25. The minimum absolute atomic E-state index is 0.0116.